The Labute approximate surface area is 120 Å². The molecule has 0 radical (unpaired) electrons. The molecule has 1 saturated carbocycles. The van der Waals surface area contributed by atoms with E-state index in [4.69, 9.17) is 4.74 Å². The number of ether oxygens (including phenoxy) is 1. The van der Waals surface area contributed by atoms with Crippen LogP contribution in [0.15, 0.2) is 48.5 Å². The highest BCUT2D eigenvalue weighted by molar-refractivity contribution is 5.65. The summed E-state index contributed by atoms with van der Waals surface area (Å²) in [6, 6.07) is 17.8. The lowest BCUT2D eigenvalue weighted by atomic mass is 10.0. The molecule has 2 nitrogen and oxygen atoms in total. The molecule has 0 atom stereocenters. The van der Waals surface area contributed by atoms with Crippen LogP contribution < -0.4 is 10.1 Å². The number of benzene rings is 2. The Morgan fingerprint density at radius 3 is 2.55 bits per heavy atom. The minimum absolute atomic E-state index is 0.703. The van der Waals surface area contributed by atoms with Crippen molar-refractivity contribution in [3.8, 4) is 16.9 Å². The molecular formula is C18H21NO. The van der Waals surface area contributed by atoms with Gasteiger partial charge in [0, 0.05) is 12.6 Å². The van der Waals surface area contributed by atoms with Gasteiger partial charge in [0.2, 0.25) is 0 Å². The molecule has 0 bridgehead atoms. The van der Waals surface area contributed by atoms with E-state index in [1.54, 1.807) is 0 Å². The standard InChI is InChI=1S/C18H21NO/c1-2-20-18-8-4-7-16(12-18)15-6-3-5-14(11-15)13-19-17-9-10-17/h3-8,11-12,17,19H,2,9-10,13H2,1H3. The fourth-order valence-corrected chi connectivity index (χ4v) is 2.34. The third kappa shape index (κ3) is 3.40. The van der Waals surface area contributed by atoms with Crippen molar-refractivity contribution < 1.29 is 4.74 Å². The van der Waals surface area contributed by atoms with Gasteiger partial charge in [-0.1, -0.05) is 30.3 Å². The topological polar surface area (TPSA) is 21.3 Å². The average Bonchev–Trinajstić information content (AvgIpc) is 3.30. The molecular weight excluding hydrogens is 246 g/mol. The van der Waals surface area contributed by atoms with Crippen molar-refractivity contribution in [2.24, 2.45) is 0 Å². The van der Waals surface area contributed by atoms with Gasteiger partial charge in [-0.05, 0) is 54.7 Å². The first-order chi connectivity index (χ1) is 9.85. The van der Waals surface area contributed by atoms with Gasteiger partial charge < -0.3 is 10.1 Å². The smallest absolute Gasteiger partial charge is 0.119 e. The Balaban J connectivity index is 1.77. The molecule has 104 valence electrons. The average molecular weight is 267 g/mol. The van der Waals surface area contributed by atoms with Gasteiger partial charge >= 0.3 is 0 Å². The van der Waals surface area contributed by atoms with Crippen LogP contribution in [0.1, 0.15) is 25.3 Å². The molecule has 0 saturated heterocycles. The second kappa shape index (κ2) is 6.10. The van der Waals surface area contributed by atoms with Crippen LogP contribution in [-0.2, 0) is 6.54 Å². The van der Waals surface area contributed by atoms with E-state index in [1.165, 1.54) is 29.5 Å². The summed E-state index contributed by atoms with van der Waals surface area (Å²) < 4.78 is 5.57. The second-order valence-corrected chi connectivity index (χ2v) is 5.32. The molecule has 0 aromatic heterocycles. The quantitative estimate of drug-likeness (QED) is 0.854. The van der Waals surface area contributed by atoms with Crippen molar-refractivity contribution in [1.82, 2.24) is 5.32 Å². The summed E-state index contributed by atoms with van der Waals surface area (Å²) in [5.74, 6) is 0.937. The Hall–Kier alpha value is -1.80. The summed E-state index contributed by atoms with van der Waals surface area (Å²) in [5.41, 5.74) is 3.81. The Morgan fingerprint density at radius 2 is 1.80 bits per heavy atom. The van der Waals surface area contributed by atoms with Crippen molar-refractivity contribution in [3.05, 3.63) is 54.1 Å². The van der Waals surface area contributed by atoms with Crippen LogP contribution in [0.25, 0.3) is 11.1 Å². The molecule has 0 heterocycles. The molecule has 2 aromatic carbocycles. The van der Waals surface area contributed by atoms with Gasteiger partial charge in [-0.25, -0.2) is 0 Å². The molecule has 0 aliphatic heterocycles. The van der Waals surface area contributed by atoms with Crippen molar-refractivity contribution >= 4 is 0 Å². The van der Waals surface area contributed by atoms with E-state index >= 15 is 0 Å². The molecule has 1 N–H and O–H groups in total. The molecule has 0 unspecified atom stereocenters. The molecule has 1 aliphatic rings. The zero-order chi connectivity index (χ0) is 13.8. The Morgan fingerprint density at radius 1 is 1.05 bits per heavy atom. The number of nitrogens with one attached hydrogen (secondary N) is 1. The summed E-state index contributed by atoms with van der Waals surface area (Å²) in [6.45, 7) is 3.68. The largest absolute Gasteiger partial charge is 0.494 e. The molecule has 3 rings (SSSR count). The molecule has 0 amide bonds. The van der Waals surface area contributed by atoms with Gasteiger partial charge in [-0.2, -0.15) is 0 Å². The summed E-state index contributed by atoms with van der Waals surface area (Å²) in [6.07, 6.45) is 2.66. The first kappa shape index (κ1) is 13.2. The maximum absolute atomic E-state index is 5.57. The Bertz CT molecular complexity index is 575. The van der Waals surface area contributed by atoms with Crippen LogP contribution in [0.2, 0.25) is 0 Å². The van der Waals surface area contributed by atoms with Gasteiger partial charge in [0.25, 0.3) is 0 Å². The molecule has 1 fully saturated rings. The van der Waals surface area contributed by atoms with Crippen LogP contribution in [0.3, 0.4) is 0 Å². The number of hydrogen-bond acceptors (Lipinski definition) is 2. The summed E-state index contributed by atoms with van der Waals surface area (Å²) in [7, 11) is 0. The van der Waals surface area contributed by atoms with E-state index in [1.807, 2.05) is 13.0 Å². The normalized spacial score (nSPS) is 14.2. The summed E-state index contributed by atoms with van der Waals surface area (Å²) in [5, 5.41) is 3.56. The van der Waals surface area contributed by atoms with Gasteiger partial charge in [0.15, 0.2) is 0 Å². The van der Waals surface area contributed by atoms with Crippen LogP contribution in [0.5, 0.6) is 5.75 Å². The predicted molar refractivity (Wildman–Crippen MR) is 82.9 cm³/mol. The molecule has 2 aromatic rings. The first-order valence-electron chi connectivity index (χ1n) is 7.40. The van der Waals surface area contributed by atoms with Gasteiger partial charge in [0.05, 0.1) is 6.61 Å². The van der Waals surface area contributed by atoms with E-state index < -0.39 is 0 Å². The van der Waals surface area contributed by atoms with Gasteiger partial charge in [-0.3, -0.25) is 0 Å². The van der Waals surface area contributed by atoms with Crippen LogP contribution in [0, 0.1) is 0 Å². The van der Waals surface area contributed by atoms with E-state index in [0.717, 1.165) is 18.3 Å². The maximum atomic E-state index is 5.57. The van der Waals surface area contributed by atoms with Crippen LogP contribution >= 0.6 is 0 Å². The first-order valence-corrected chi connectivity index (χ1v) is 7.40. The summed E-state index contributed by atoms with van der Waals surface area (Å²) >= 11 is 0. The molecule has 20 heavy (non-hydrogen) atoms. The molecule has 1 aliphatic carbocycles. The van der Waals surface area contributed by atoms with Crippen molar-refractivity contribution in [1.29, 1.82) is 0 Å². The third-order valence-corrected chi connectivity index (χ3v) is 3.58. The van der Waals surface area contributed by atoms with E-state index in [-0.39, 0.29) is 0 Å². The predicted octanol–water partition coefficient (Wildman–Crippen LogP) is 4.00. The summed E-state index contributed by atoms with van der Waals surface area (Å²) in [4.78, 5) is 0. The maximum Gasteiger partial charge on any atom is 0.119 e. The number of hydrogen-bond donors (Lipinski definition) is 1. The minimum Gasteiger partial charge on any atom is -0.494 e. The van der Waals surface area contributed by atoms with E-state index in [9.17, 15) is 0 Å². The van der Waals surface area contributed by atoms with Crippen molar-refractivity contribution in [2.75, 3.05) is 6.61 Å². The van der Waals surface area contributed by atoms with Crippen molar-refractivity contribution in [2.45, 2.75) is 32.4 Å². The minimum atomic E-state index is 0.703. The monoisotopic (exact) mass is 267 g/mol. The fraction of sp³-hybridized carbons (Fsp3) is 0.333. The van der Waals surface area contributed by atoms with E-state index in [2.05, 4.69) is 47.8 Å². The lowest BCUT2D eigenvalue weighted by molar-refractivity contribution is 0.340. The molecule has 0 spiro atoms. The lowest BCUT2D eigenvalue weighted by Gasteiger charge is -2.08. The Kier molecular flexibility index (Phi) is 4.03. The van der Waals surface area contributed by atoms with E-state index in [0.29, 0.717) is 6.61 Å². The zero-order valence-corrected chi connectivity index (χ0v) is 11.9. The van der Waals surface area contributed by atoms with Crippen molar-refractivity contribution in [3.63, 3.8) is 0 Å². The fourth-order valence-electron chi connectivity index (χ4n) is 2.34. The van der Waals surface area contributed by atoms with Gasteiger partial charge in [-0.15, -0.1) is 0 Å². The highest BCUT2D eigenvalue weighted by Gasteiger charge is 2.19. The highest BCUT2D eigenvalue weighted by Crippen LogP contribution is 2.25. The van der Waals surface area contributed by atoms with Crippen LogP contribution in [-0.4, -0.2) is 12.6 Å². The second-order valence-electron chi connectivity index (χ2n) is 5.32. The zero-order valence-electron chi connectivity index (χ0n) is 11.9. The number of rotatable bonds is 6. The SMILES string of the molecule is CCOc1cccc(-c2cccc(CNC3CC3)c2)c1. The van der Waals surface area contributed by atoms with Crippen LogP contribution in [0.4, 0.5) is 0 Å². The lowest BCUT2D eigenvalue weighted by Crippen LogP contribution is -2.15. The molecule has 2 heteroatoms. The third-order valence-electron chi connectivity index (χ3n) is 3.58. The highest BCUT2D eigenvalue weighted by atomic mass is 16.5. The van der Waals surface area contributed by atoms with Gasteiger partial charge in [0.1, 0.15) is 5.75 Å².